The lowest BCUT2D eigenvalue weighted by atomic mass is 9.81. The van der Waals surface area contributed by atoms with Crippen molar-refractivity contribution in [3.8, 4) is 0 Å². The van der Waals surface area contributed by atoms with E-state index in [-0.39, 0.29) is 5.60 Å². The van der Waals surface area contributed by atoms with Gasteiger partial charge < -0.3 is 10.1 Å². The largest absolute Gasteiger partial charge is 0.375 e. The van der Waals surface area contributed by atoms with Crippen molar-refractivity contribution in [3.63, 3.8) is 0 Å². The van der Waals surface area contributed by atoms with Gasteiger partial charge in [-0.15, -0.1) is 0 Å². The van der Waals surface area contributed by atoms with Gasteiger partial charge in [0.05, 0.1) is 5.60 Å². The minimum absolute atomic E-state index is 0.274. The topological polar surface area (TPSA) is 21.3 Å². The summed E-state index contributed by atoms with van der Waals surface area (Å²) in [6.07, 6.45) is 13.8. The van der Waals surface area contributed by atoms with E-state index in [1.54, 1.807) is 0 Å². The minimum atomic E-state index is 0.274. The highest BCUT2D eigenvalue weighted by Gasteiger charge is 2.41. The van der Waals surface area contributed by atoms with Crippen LogP contribution in [0.15, 0.2) is 0 Å². The Bertz CT molecular complexity index is 297. The molecule has 0 amide bonds. The summed E-state index contributed by atoms with van der Waals surface area (Å²) < 4.78 is 6.19. The van der Waals surface area contributed by atoms with Gasteiger partial charge >= 0.3 is 0 Å². The summed E-state index contributed by atoms with van der Waals surface area (Å²) in [5.74, 6) is 2.14. The van der Waals surface area contributed by atoms with Crippen LogP contribution < -0.4 is 5.32 Å². The molecule has 2 nitrogen and oxygen atoms in total. The van der Waals surface area contributed by atoms with E-state index in [1.165, 1.54) is 70.0 Å². The number of thioether (sulfide) groups is 1. The maximum Gasteiger partial charge on any atom is 0.0685 e. The van der Waals surface area contributed by atoms with Crippen LogP contribution in [0.4, 0.5) is 0 Å². The van der Waals surface area contributed by atoms with Crippen molar-refractivity contribution in [1.29, 1.82) is 0 Å². The van der Waals surface area contributed by atoms with Gasteiger partial charge in [-0.1, -0.05) is 25.7 Å². The van der Waals surface area contributed by atoms with Gasteiger partial charge in [0.15, 0.2) is 0 Å². The Morgan fingerprint density at radius 2 is 1.90 bits per heavy atom. The molecule has 0 radical (unpaired) electrons. The number of hydrogen-bond acceptors (Lipinski definition) is 3. The van der Waals surface area contributed by atoms with Gasteiger partial charge in [-0.25, -0.2) is 0 Å². The molecular formula is C17H31NOS. The molecule has 3 heteroatoms. The molecule has 0 aromatic rings. The summed E-state index contributed by atoms with van der Waals surface area (Å²) in [4.78, 5) is 0. The van der Waals surface area contributed by atoms with Crippen molar-refractivity contribution in [3.05, 3.63) is 0 Å². The van der Waals surface area contributed by atoms with E-state index in [9.17, 15) is 0 Å². The first-order chi connectivity index (χ1) is 9.81. The highest BCUT2D eigenvalue weighted by molar-refractivity contribution is 7.99. The molecule has 116 valence electrons. The molecule has 1 N–H and O–H groups in total. The fourth-order valence-electron chi connectivity index (χ4n) is 4.53. The van der Waals surface area contributed by atoms with E-state index < -0.39 is 0 Å². The first kappa shape index (κ1) is 15.2. The monoisotopic (exact) mass is 297 g/mol. The first-order valence-electron chi connectivity index (χ1n) is 8.74. The lowest BCUT2D eigenvalue weighted by Crippen LogP contribution is -2.46. The summed E-state index contributed by atoms with van der Waals surface area (Å²) in [7, 11) is 2.16. The van der Waals surface area contributed by atoms with E-state index in [0.29, 0.717) is 6.04 Å². The van der Waals surface area contributed by atoms with Gasteiger partial charge in [-0.3, -0.25) is 0 Å². The second kappa shape index (κ2) is 7.02. The fourth-order valence-corrected chi connectivity index (χ4v) is 6.11. The highest BCUT2D eigenvalue weighted by Crippen LogP contribution is 2.43. The minimum Gasteiger partial charge on any atom is -0.375 e. The van der Waals surface area contributed by atoms with E-state index in [0.717, 1.165) is 17.8 Å². The van der Waals surface area contributed by atoms with E-state index in [2.05, 4.69) is 24.1 Å². The highest BCUT2D eigenvalue weighted by atomic mass is 32.2. The van der Waals surface area contributed by atoms with Gasteiger partial charge in [0.2, 0.25) is 0 Å². The zero-order chi connectivity index (χ0) is 13.8. The van der Waals surface area contributed by atoms with Gasteiger partial charge in [0, 0.05) is 23.7 Å². The van der Waals surface area contributed by atoms with Crippen LogP contribution in [-0.2, 0) is 4.74 Å². The maximum absolute atomic E-state index is 6.19. The Balaban J connectivity index is 1.51. The SMILES string of the molecule is CNC(CSC1CCCC1)C1CCOC2(CCCC2)C1. The Morgan fingerprint density at radius 3 is 2.60 bits per heavy atom. The van der Waals surface area contributed by atoms with Crippen molar-refractivity contribution in [1.82, 2.24) is 5.32 Å². The van der Waals surface area contributed by atoms with Crippen molar-refractivity contribution in [2.75, 3.05) is 19.4 Å². The molecule has 3 aliphatic rings. The summed E-state index contributed by atoms with van der Waals surface area (Å²) in [5.41, 5.74) is 0.274. The smallest absolute Gasteiger partial charge is 0.0685 e. The Hall–Kier alpha value is 0.270. The van der Waals surface area contributed by atoms with Crippen LogP contribution in [0.1, 0.15) is 64.2 Å². The molecule has 2 unspecified atom stereocenters. The van der Waals surface area contributed by atoms with Crippen LogP contribution in [-0.4, -0.2) is 36.3 Å². The Morgan fingerprint density at radius 1 is 1.15 bits per heavy atom. The molecule has 0 bridgehead atoms. The molecule has 2 aliphatic carbocycles. The summed E-state index contributed by atoms with van der Waals surface area (Å²) in [6, 6.07) is 0.696. The van der Waals surface area contributed by atoms with Gasteiger partial charge in [-0.05, 0) is 51.5 Å². The van der Waals surface area contributed by atoms with Gasteiger partial charge in [0.25, 0.3) is 0 Å². The van der Waals surface area contributed by atoms with Crippen LogP contribution in [0.5, 0.6) is 0 Å². The van der Waals surface area contributed by atoms with Crippen molar-refractivity contribution >= 4 is 11.8 Å². The number of ether oxygens (including phenoxy) is 1. The number of rotatable bonds is 5. The zero-order valence-corrected chi connectivity index (χ0v) is 13.9. The van der Waals surface area contributed by atoms with Crippen LogP contribution >= 0.6 is 11.8 Å². The number of nitrogens with one attached hydrogen (secondary N) is 1. The number of hydrogen-bond donors (Lipinski definition) is 1. The Labute approximate surface area is 128 Å². The molecule has 1 saturated heterocycles. The average Bonchev–Trinajstić information content (AvgIpc) is 3.12. The quantitative estimate of drug-likeness (QED) is 0.829. The molecule has 0 aromatic carbocycles. The van der Waals surface area contributed by atoms with Crippen molar-refractivity contribution < 1.29 is 4.74 Å². The standard InChI is InChI=1S/C17H31NOS/c1-18-16(13-20-15-6-2-3-7-15)14-8-11-19-17(12-14)9-4-5-10-17/h14-16,18H,2-13H2,1H3. The van der Waals surface area contributed by atoms with E-state index in [1.807, 2.05) is 0 Å². The lowest BCUT2D eigenvalue weighted by Gasteiger charge is -2.41. The average molecular weight is 298 g/mol. The fraction of sp³-hybridized carbons (Fsp3) is 1.00. The molecule has 2 atom stereocenters. The van der Waals surface area contributed by atoms with E-state index in [4.69, 9.17) is 4.74 Å². The van der Waals surface area contributed by atoms with E-state index >= 15 is 0 Å². The summed E-state index contributed by atoms with van der Waals surface area (Å²) in [6.45, 7) is 0.997. The maximum atomic E-state index is 6.19. The van der Waals surface area contributed by atoms with Crippen LogP contribution in [0.2, 0.25) is 0 Å². The summed E-state index contributed by atoms with van der Waals surface area (Å²) >= 11 is 2.24. The van der Waals surface area contributed by atoms with Crippen LogP contribution in [0, 0.1) is 5.92 Å². The third kappa shape index (κ3) is 3.53. The normalized spacial score (nSPS) is 31.9. The van der Waals surface area contributed by atoms with Crippen LogP contribution in [0.3, 0.4) is 0 Å². The second-order valence-electron chi connectivity index (χ2n) is 7.13. The molecule has 1 aliphatic heterocycles. The molecule has 2 saturated carbocycles. The van der Waals surface area contributed by atoms with Gasteiger partial charge in [0.1, 0.15) is 0 Å². The second-order valence-corrected chi connectivity index (χ2v) is 8.46. The van der Waals surface area contributed by atoms with Gasteiger partial charge in [-0.2, -0.15) is 11.8 Å². The molecule has 3 rings (SSSR count). The van der Waals surface area contributed by atoms with Crippen LogP contribution in [0.25, 0.3) is 0 Å². The molecule has 20 heavy (non-hydrogen) atoms. The van der Waals surface area contributed by atoms with Crippen molar-refractivity contribution in [2.45, 2.75) is 81.1 Å². The van der Waals surface area contributed by atoms with Crippen molar-refractivity contribution in [2.24, 2.45) is 5.92 Å². The molecule has 3 fully saturated rings. The zero-order valence-electron chi connectivity index (χ0n) is 13.0. The molecular weight excluding hydrogens is 266 g/mol. The molecule has 1 spiro atoms. The third-order valence-corrected chi connectivity index (χ3v) is 7.29. The third-order valence-electron chi connectivity index (χ3n) is 5.80. The first-order valence-corrected chi connectivity index (χ1v) is 9.79. The lowest BCUT2D eigenvalue weighted by molar-refractivity contribution is -0.0964. The predicted octanol–water partition coefficient (Wildman–Crippen LogP) is 3.99. The summed E-state index contributed by atoms with van der Waals surface area (Å²) in [5, 5.41) is 4.58. The Kier molecular flexibility index (Phi) is 5.33. The molecule has 0 aromatic heterocycles. The predicted molar refractivity (Wildman–Crippen MR) is 87.4 cm³/mol. The molecule has 1 heterocycles.